The first kappa shape index (κ1) is 18.7. The van der Waals surface area contributed by atoms with Crippen molar-refractivity contribution >= 4 is 16.8 Å². The second-order valence-corrected chi connectivity index (χ2v) is 9.13. The van der Waals surface area contributed by atoms with E-state index in [1.54, 1.807) is 0 Å². The van der Waals surface area contributed by atoms with Crippen molar-refractivity contribution < 1.29 is 4.79 Å². The number of carbonyl (C=O) groups excluding carboxylic acids is 1. The number of aromatic nitrogens is 4. The standard InChI is InChI=1S/C24H27N5O/c1-24(2,3)29-23(27-11-7-8-12-27)19-15-28(16-20(19)25-29)22(30)13-17-14-26(4)21-10-6-5-9-18(17)21/h5-12,14H,13,15-16H2,1-4H3. The SMILES string of the molecule is Cn1cc(CC(=O)N2Cc3nn(C(C)(C)C)c(-n4cccc4)c3C2)c2ccccc21. The Balaban J connectivity index is 1.44. The second-order valence-electron chi connectivity index (χ2n) is 9.13. The summed E-state index contributed by atoms with van der Waals surface area (Å²) in [4.78, 5) is 15.1. The zero-order chi connectivity index (χ0) is 21.0. The highest BCUT2D eigenvalue weighted by Crippen LogP contribution is 2.32. The van der Waals surface area contributed by atoms with Crippen LogP contribution in [0.2, 0.25) is 0 Å². The Hall–Kier alpha value is -3.28. The van der Waals surface area contributed by atoms with Crippen LogP contribution in [0.4, 0.5) is 0 Å². The largest absolute Gasteiger partial charge is 0.350 e. The summed E-state index contributed by atoms with van der Waals surface area (Å²) >= 11 is 0. The number of hydrogen-bond donors (Lipinski definition) is 0. The van der Waals surface area contributed by atoms with E-state index >= 15 is 0 Å². The number of carbonyl (C=O) groups is 1. The van der Waals surface area contributed by atoms with Crippen molar-refractivity contribution in [1.29, 1.82) is 0 Å². The lowest BCUT2D eigenvalue weighted by Crippen LogP contribution is -2.30. The molecule has 0 bridgehead atoms. The van der Waals surface area contributed by atoms with Crippen LogP contribution in [-0.2, 0) is 36.9 Å². The van der Waals surface area contributed by atoms with Gasteiger partial charge in [0.05, 0.1) is 30.7 Å². The van der Waals surface area contributed by atoms with Crippen LogP contribution in [0.3, 0.4) is 0 Å². The normalized spacial score (nSPS) is 13.9. The van der Waals surface area contributed by atoms with Gasteiger partial charge >= 0.3 is 0 Å². The lowest BCUT2D eigenvalue weighted by Gasteiger charge is -2.24. The van der Waals surface area contributed by atoms with Gasteiger partial charge in [0.1, 0.15) is 5.82 Å². The van der Waals surface area contributed by atoms with Gasteiger partial charge in [-0.15, -0.1) is 0 Å². The molecule has 0 radical (unpaired) electrons. The van der Waals surface area contributed by atoms with Crippen molar-refractivity contribution in [3.8, 4) is 5.82 Å². The second kappa shape index (κ2) is 6.62. The maximum Gasteiger partial charge on any atom is 0.227 e. The van der Waals surface area contributed by atoms with Crippen molar-refractivity contribution in [2.75, 3.05) is 0 Å². The molecule has 4 heterocycles. The number of nitrogens with zero attached hydrogens (tertiary/aromatic N) is 5. The van der Waals surface area contributed by atoms with Gasteiger partial charge < -0.3 is 14.0 Å². The van der Waals surface area contributed by atoms with Crippen molar-refractivity contribution in [2.24, 2.45) is 7.05 Å². The fraction of sp³-hybridized carbons (Fsp3) is 0.333. The Morgan fingerprint density at radius 2 is 1.80 bits per heavy atom. The highest BCUT2D eigenvalue weighted by Gasteiger charge is 2.33. The lowest BCUT2D eigenvalue weighted by molar-refractivity contribution is -0.131. The molecule has 0 fully saturated rings. The first-order valence-electron chi connectivity index (χ1n) is 10.4. The van der Waals surface area contributed by atoms with Crippen LogP contribution in [-0.4, -0.2) is 29.7 Å². The first-order valence-corrected chi connectivity index (χ1v) is 10.4. The molecular formula is C24H27N5O. The number of para-hydroxylation sites is 1. The highest BCUT2D eigenvalue weighted by molar-refractivity contribution is 5.89. The van der Waals surface area contributed by atoms with Crippen LogP contribution in [0, 0.1) is 0 Å². The van der Waals surface area contributed by atoms with E-state index in [4.69, 9.17) is 5.10 Å². The maximum absolute atomic E-state index is 13.2. The van der Waals surface area contributed by atoms with Gasteiger partial charge in [0, 0.05) is 42.1 Å². The van der Waals surface area contributed by atoms with Crippen LogP contribution in [0.15, 0.2) is 55.0 Å². The minimum Gasteiger partial charge on any atom is -0.350 e. The van der Waals surface area contributed by atoms with E-state index in [0.29, 0.717) is 19.5 Å². The fourth-order valence-electron chi connectivity index (χ4n) is 4.43. The zero-order valence-corrected chi connectivity index (χ0v) is 18.0. The van der Waals surface area contributed by atoms with Gasteiger partial charge in [-0.2, -0.15) is 5.10 Å². The van der Waals surface area contributed by atoms with Crippen LogP contribution < -0.4 is 0 Å². The van der Waals surface area contributed by atoms with Crippen molar-refractivity contribution in [2.45, 2.75) is 45.8 Å². The third kappa shape index (κ3) is 2.95. The first-order chi connectivity index (χ1) is 14.3. The summed E-state index contributed by atoms with van der Waals surface area (Å²) in [6.45, 7) is 7.64. The summed E-state index contributed by atoms with van der Waals surface area (Å²) in [6, 6.07) is 12.3. The highest BCUT2D eigenvalue weighted by atomic mass is 16.2. The molecule has 154 valence electrons. The molecule has 1 aliphatic rings. The molecule has 3 aromatic heterocycles. The molecule has 0 saturated carbocycles. The quantitative estimate of drug-likeness (QED) is 0.521. The molecule has 4 aromatic rings. The molecule has 0 spiro atoms. The van der Waals surface area contributed by atoms with Gasteiger partial charge in [-0.3, -0.25) is 4.79 Å². The Labute approximate surface area is 176 Å². The molecule has 6 heteroatoms. The summed E-state index contributed by atoms with van der Waals surface area (Å²) in [6.07, 6.45) is 6.56. The smallest absolute Gasteiger partial charge is 0.227 e. The van der Waals surface area contributed by atoms with Gasteiger partial charge in [0.2, 0.25) is 5.91 Å². The van der Waals surface area contributed by atoms with E-state index in [2.05, 4.69) is 52.9 Å². The van der Waals surface area contributed by atoms with E-state index in [1.165, 1.54) is 0 Å². The third-order valence-electron chi connectivity index (χ3n) is 5.89. The summed E-state index contributed by atoms with van der Waals surface area (Å²) in [5, 5.41) is 6.06. The summed E-state index contributed by atoms with van der Waals surface area (Å²) in [7, 11) is 2.03. The van der Waals surface area contributed by atoms with Crippen molar-refractivity contribution in [3.63, 3.8) is 0 Å². The Morgan fingerprint density at radius 1 is 1.07 bits per heavy atom. The summed E-state index contributed by atoms with van der Waals surface area (Å²) in [5.41, 5.74) is 4.24. The van der Waals surface area contributed by atoms with Gasteiger partial charge in [-0.05, 0) is 44.5 Å². The molecular weight excluding hydrogens is 374 g/mol. The molecule has 1 aromatic carbocycles. The molecule has 0 N–H and O–H groups in total. The van der Waals surface area contributed by atoms with E-state index in [9.17, 15) is 4.79 Å². The lowest BCUT2D eigenvalue weighted by atomic mass is 10.1. The summed E-state index contributed by atoms with van der Waals surface area (Å²) in [5.74, 6) is 1.20. The summed E-state index contributed by atoms with van der Waals surface area (Å²) < 4.78 is 6.29. The van der Waals surface area contributed by atoms with Crippen LogP contribution in [0.25, 0.3) is 16.7 Å². The average Bonchev–Trinajstić information content (AvgIpc) is 3.45. The average molecular weight is 402 g/mol. The molecule has 0 aliphatic carbocycles. The predicted molar refractivity (Wildman–Crippen MR) is 117 cm³/mol. The number of amides is 1. The van der Waals surface area contributed by atoms with Gasteiger partial charge in [-0.1, -0.05) is 18.2 Å². The van der Waals surface area contributed by atoms with Gasteiger partial charge in [-0.25, -0.2) is 4.68 Å². The Bertz CT molecular complexity index is 1240. The van der Waals surface area contributed by atoms with E-state index in [0.717, 1.165) is 33.5 Å². The zero-order valence-electron chi connectivity index (χ0n) is 18.0. The van der Waals surface area contributed by atoms with E-state index in [-0.39, 0.29) is 11.4 Å². The molecule has 0 saturated heterocycles. The van der Waals surface area contributed by atoms with Crippen LogP contribution in [0.1, 0.15) is 37.6 Å². The third-order valence-corrected chi connectivity index (χ3v) is 5.89. The molecule has 30 heavy (non-hydrogen) atoms. The molecule has 1 aliphatic heterocycles. The minimum atomic E-state index is -0.137. The van der Waals surface area contributed by atoms with Crippen molar-refractivity contribution in [3.05, 3.63) is 71.8 Å². The number of aryl methyl sites for hydroxylation is 1. The van der Waals surface area contributed by atoms with Gasteiger partial charge in [0.25, 0.3) is 0 Å². The van der Waals surface area contributed by atoms with E-state index < -0.39 is 0 Å². The molecule has 6 nitrogen and oxygen atoms in total. The minimum absolute atomic E-state index is 0.137. The number of hydrogen-bond acceptors (Lipinski definition) is 2. The number of fused-ring (bicyclic) bond motifs is 2. The molecule has 0 atom stereocenters. The van der Waals surface area contributed by atoms with Crippen LogP contribution >= 0.6 is 0 Å². The molecule has 0 unspecified atom stereocenters. The fourth-order valence-corrected chi connectivity index (χ4v) is 4.43. The Kier molecular flexibility index (Phi) is 4.13. The van der Waals surface area contributed by atoms with Gasteiger partial charge in [0.15, 0.2) is 0 Å². The molecule has 1 amide bonds. The predicted octanol–water partition coefficient (Wildman–Crippen LogP) is 4.01. The number of rotatable bonds is 3. The van der Waals surface area contributed by atoms with E-state index in [1.807, 2.05) is 48.6 Å². The van der Waals surface area contributed by atoms with Crippen molar-refractivity contribution in [1.82, 2.24) is 23.8 Å². The topological polar surface area (TPSA) is 48.0 Å². The molecule has 5 rings (SSSR count). The maximum atomic E-state index is 13.2. The monoisotopic (exact) mass is 401 g/mol. The van der Waals surface area contributed by atoms with Crippen LogP contribution in [0.5, 0.6) is 0 Å². The number of benzene rings is 1. The Morgan fingerprint density at radius 3 is 2.53 bits per heavy atom.